The molecule has 0 unspecified atom stereocenters. The summed E-state index contributed by atoms with van der Waals surface area (Å²) in [5.74, 6) is 0.791. The molecule has 0 saturated heterocycles. The third kappa shape index (κ3) is 2.02. The highest BCUT2D eigenvalue weighted by Gasteiger charge is 2.22. The van der Waals surface area contributed by atoms with Crippen LogP contribution in [0.3, 0.4) is 0 Å². The molecule has 0 aliphatic rings. The van der Waals surface area contributed by atoms with Crippen molar-refractivity contribution in [3.63, 3.8) is 0 Å². The molecule has 0 spiro atoms. The van der Waals surface area contributed by atoms with Crippen molar-refractivity contribution >= 4 is 11.6 Å². The van der Waals surface area contributed by atoms with Gasteiger partial charge in [-0.25, -0.2) is 0 Å². The van der Waals surface area contributed by atoms with Crippen molar-refractivity contribution in [2.75, 3.05) is 7.11 Å². The van der Waals surface area contributed by atoms with Crippen LogP contribution in [0.25, 0.3) is 0 Å². The summed E-state index contributed by atoms with van der Waals surface area (Å²) in [5, 5.41) is 0.722. The summed E-state index contributed by atoms with van der Waals surface area (Å²) < 4.78 is 5.27. The fourth-order valence-corrected chi connectivity index (χ4v) is 1.79. The van der Waals surface area contributed by atoms with Gasteiger partial charge in [0.2, 0.25) is 0 Å². The van der Waals surface area contributed by atoms with Crippen LogP contribution >= 0.6 is 11.6 Å². The number of nitrogens with two attached hydrogens (primary N) is 1. The summed E-state index contributed by atoms with van der Waals surface area (Å²) in [6.45, 7) is 5.83. The first-order chi connectivity index (χ1) is 6.38. The number of rotatable bonds is 2. The van der Waals surface area contributed by atoms with Crippen molar-refractivity contribution < 1.29 is 4.74 Å². The normalized spacial score (nSPS) is 11.6. The molecule has 3 heteroatoms. The van der Waals surface area contributed by atoms with Crippen molar-refractivity contribution in [3.8, 4) is 5.75 Å². The quantitative estimate of drug-likeness (QED) is 0.820. The Balaban J connectivity index is 3.44. The Bertz CT molecular complexity index is 342. The molecule has 0 aliphatic heterocycles. The Morgan fingerprint density at radius 2 is 1.93 bits per heavy atom. The Kier molecular flexibility index (Phi) is 3.07. The van der Waals surface area contributed by atoms with Crippen molar-refractivity contribution in [1.82, 2.24) is 0 Å². The fourth-order valence-electron chi connectivity index (χ4n) is 1.63. The standard InChI is InChI=1S/C11H16ClNO/c1-7-8(12)5-6-9(14-4)10(7)11(2,3)13/h5-6H,13H2,1-4H3. The zero-order valence-electron chi connectivity index (χ0n) is 9.02. The summed E-state index contributed by atoms with van der Waals surface area (Å²) in [7, 11) is 1.64. The Morgan fingerprint density at radius 1 is 1.36 bits per heavy atom. The van der Waals surface area contributed by atoms with Crippen LogP contribution in [0.2, 0.25) is 5.02 Å². The van der Waals surface area contributed by atoms with E-state index >= 15 is 0 Å². The van der Waals surface area contributed by atoms with E-state index in [0.717, 1.165) is 21.9 Å². The molecule has 0 saturated carbocycles. The van der Waals surface area contributed by atoms with Crippen LogP contribution in [-0.4, -0.2) is 7.11 Å². The Morgan fingerprint density at radius 3 is 2.36 bits per heavy atom. The van der Waals surface area contributed by atoms with Crippen LogP contribution in [0.5, 0.6) is 5.75 Å². The zero-order valence-corrected chi connectivity index (χ0v) is 9.77. The molecule has 0 bridgehead atoms. The van der Waals surface area contributed by atoms with E-state index in [0.29, 0.717) is 0 Å². The van der Waals surface area contributed by atoms with Gasteiger partial charge in [0.15, 0.2) is 0 Å². The maximum Gasteiger partial charge on any atom is 0.124 e. The first-order valence-electron chi connectivity index (χ1n) is 4.50. The predicted molar refractivity (Wildman–Crippen MR) is 60.0 cm³/mol. The summed E-state index contributed by atoms with van der Waals surface area (Å²) >= 11 is 6.04. The first kappa shape index (κ1) is 11.3. The molecule has 0 aromatic heterocycles. The van der Waals surface area contributed by atoms with E-state index in [-0.39, 0.29) is 0 Å². The number of hydrogen-bond donors (Lipinski definition) is 1. The van der Waals surface area contributed by atoms with E-state index in [4.69, 9.17) is 22.1 Å². The first-order valence-corrected chi connectivity index (χ1v) is 4.88. The van der Waals surface area contributed by atoms with Crippen molar-refractivity contribution in [1.29, 1.82) is 0 Å². The maximum absolute atomic E-state index is 6.06. The Labute approximate surface area is 90.0 Å². The molecule has 0 atom stereocenters. The smallest absolute Gasteiger partial charge is 0.124 e. The lowest BCUT2D eigenvalue weighted by Crippen LogP contribution is -2.30. The van der Waals surface area contributed by atoms with Gasteiger partial charge >= 0.3 is 0 Å². The van der Waals surface area contributed by atoms with Gasteiger partial charge < -0.3 is 10.5 Å². The van der Waals surface area contributed by atoms with Crippen LogP contribution < -0.4 is 10.5 Å². The minimum absolute atomic E-state index is 0.444. The minimum atomic E-state index is -0.444. The third-order valence-corrected chi connectivity index (χ3v) is 2.63. The van der Waals surface area contributed by atoms with Crippen molar-refractivity contribution in [3.05, 3.63) is 28.3 Å². The number of ether oxygens (including phenoxy) is 1. The molecule has 1 aromatic carbocycles. The lowest BCUT2D eigenvalue weighted by Gasteiger charge is -2.24. The maximum atomic E-state index is 6.06. The van der Waals surface area contributed by atoms with E-state index in [1.165, 1.54) is 0 Å². The molecular formula is C11H16ClNO. The van der Waals surface area contributed by atoms with Crippen LogP contribution in [-0.2, 0) is 5.54 Å². The van der Waals surface area contributed by atoms with Gasteiger partial charge in [0.1, 0.15) is 5.75 Å². The summed E-state index contributed by atoms with van der Waals surface area (Å²) in [6.07, 6.45) is 0. The van der Waals surface area contributed by atoms with E-state index < -0.39 is 5.54 Å². The molecule has 0 heterocycles. The van der Waals surface area contributed by atoms with Gasteiger partial charge in [-0.15, -0.1) is 0 Å². The number of benzene rings is 1. The molecule has 0 aliphatic carbocycles. The molecule has 2 N–H and O–H groups in total. The largest absolute Gasteiger partial charge is 0.496 e. The van der Waals surface area contributed by atoms with Crippen LogP contribution in [0, 0.1) is 6.92 Å². The van der Waals surface area contributed by atoms with E-state index in [9.17, 15) is 0 Å². The second-order valence-electron chi connectivity index (χ2n) is 3.97. The average molecular weight is 214 g/mol. The SMILES string of the molecule is COc1ccc(Cl)c(C)c1C(C)(C)N. The number of halogens is 1. The van der Waals surface area contributed by atoms with Gasteiger partial charge in [-0.1, -0.05) is 11.6 Å². The van der Waals surface area contributed by atoms with Gasteiger partial charge in [0.25, 0.3) is 0 Å². The molecule has 14 heavy (non-hydrogen) atoms. The second-order valence-corrected chi connectivity index (χ2v) is 4.38. The van der Waals surface area contributed by atoms with Crippen LogP contribution in [0.1, 0.15) is 25.0 Å². The van der Waals surface area contributed by atoms with Crippen LogP contribution in [0.15, 0.2) is 12.1 Å². The highest BCUT2D eigenvalue weighted by molar-refractivity contribution is 6.31. The summed E-state index contributed by atoms with van der Waals surface area (Å²) in [5.41, 5.74) is 7.57. The summed E-state index contributed by atoms with van der Waals surface area (Å²) in [6, 6.07) is 3.67. The lowest BCUT2D eigenvalue weighted by molar-refractivity contribution is 0.393. The molecule has 1 rings (SSSR count). The van der Waals surface area contributed by atoms with Gasteiger partial charge in [-0.3, -0.25) is 0 Å². The van der Waals surface area contributed by atoms with Gasteiger partial charge in [-0.2, -0.15) is 0 Å². The Hall–Kier alpha value is -0.730. The highest BCUT2D eigenvalue weighted by Crippen LogP contribution is 2.34. The molecule has 0 radical (unpaired) electrons. The van der Waals surface area contributed by atoms with Crippen molar-refractivity contribution in [2.24, 2.45) is 5.73 Å². The van der Waals surface area contributed by atoms with Gasteiger partial charge in [0, 0.05) is 16.1 Å². The highest BCUT2D eigenvalue weighted by atomic mass is 35.5. The average Bonchev–Trinajstić information content (AvgIpc) is 2.07. The molecule has 0 fully saturated rings. The van der Waals surface area contributed by atoms with Gasteiger partial charge in [0.05, 0.1) is 7.11 Å². The number of hydrogen-bond acceptors (Lipinski definition) is 2. The third-order valence-electron chi connectivity index (χ3n) is 2.22. The van der Waals surface area contributed by atoms with E-state index in [2.05, 4.69) is 0 Å². The fraction of sp³-hybridized carbons (Fsp3) is 0.455. The topological polar surface area (TPSA) is 35.2 Å². The van der Waals surface area contributed by atoms with Crippen LogP contribution in [0.4, 0.5) is 0 Å². The number of methoxy groups -OCH3 is 1. The molecule has 0 amide bonds. The van der Waals surface area contributed by atoms with E-state index in [1.807, 2.05) is 32.9 Å². The predicted octanol–water partition coefficient (Wildman–Crippen LogP) is 2.85. The van der Waals surface area contributed by atoms with Gasteiger partial charge in [-0.05, 0) is 38.5 Å². The minimum Gasteiger partial charge on any atom is -0.496 e. The second kappa shape index (κ2) is 3.79. The monoisotopic (exact) mass is 213 g/mol. The molecule has 78 valence electrons. The zero-order chi connectivity index (χ0) is 10.9. The molecule has 2 nitrogen and oxygen atoms in total. The molecular weight excluding hydrogens is 198 g/mol. The van der Waals surface area contributed by atoms with Crippen molar-refractivity contribution in [2.45, 2.75) is 26.3 Å². The molecule has 1 aromatic rings. The lowest BCUT2D eigenvalue weighted by atomic mass is 9.90. The summed E-state index contributed by atoms with van der Waals surface area (Å²) in [4.78, 5) is 0. The van der Waals surface area contributed by atoms with E-state index in [1.54, 1.807) is 7.11 Å².